The van der Waals surface area contributed by atoms with Crippen LogP contribution in [0.5, 0.6) is 0 Å². The van der Waals surface area contributed by atoms with E-state index in [4.69, 9.17) is 11.6 Å². The number of rotatable bonds is 2. The van der Waals surface area contributed by atoms with Gasteiger partial charge < -0.3 is 4.90 Å². The van der Waals surface area contributed by atoms with Crippen LogP contribution in [0.2, 0.25) is 0 Å². The molecule has 1 saturated carbocycles. The normalized spacial score (nSPS) is 27.5. The molecule has 2 aliphatic rings. The van der Waals surface area contributed by atoms with Gasteiger partial charge in [-0.15, -0.1) is 11.6 Å². The summed E-state index contributed by atoms with van der Waals surface area (Å²) in [5, 5.41) is 2.45. The fraction of sp³-hybridized carbons (Fsp3) is 0.846. The van der Waals surface area contributed by atoms with Crippen LogP contribution in [0.4, 0.5) is 4.79 Å². The maximum Gasteiger partial charge on any atom is 0.324 e. The number of nitrogens with zero attached hydrogens (tertiary/aromatic N) is 1. The lowest BCUT2D eigenvalue weighted by molar-refractivity contribution is -0.119. The molecule has 2 fully saturated rings. The first-order valence-electron chi connectivity index (χ1n) is 6.89. The molecule has 1 saturated heterocycles. The second kappa shape index (κ2) is 6.41. The Morgan fingerprint density at radius 2 is 1.89 bits per heavy atom. The third-order valence-corrected chi connectivity index (χ3v) is 4.26. The number of alkyl halides is 1. The maximum atomic E-state index is 12.1. The van der Waals surface area contributed by atoms with Crippen molar-refractivity contribution < 1.29 is 9.59 Å². The number of carbonyl (C=O) groups excluding carboxylic acids is 2. The maximum absolute atomic E-state index is 12.1. The summed E-state index contributed by atoms with van der Waals surface area (Å²) in [4.78, 5) is 25.4. The van der Waals surface area contributed by atoms with Gasteiger partial charge in [-0.25, -0.2) is 4.79 Å². The molecular weight excluding hydrogens is 252 g/mol. The van der Waals surface area contributed by atoms with E-state index in [0.29, 0.717) is 12.0 Å². The second-order valence-electron chi connectivity index (χ2n) is 5.24. The van der Waals surface area contributed by atoms with Gasteiger partial charge in [0.25, 0.3) is 0 Å². The van der Waals surface area contributed by atoms with Gasteiger partial charge in [0.1, 0.15) is 0 Å². The number of hydrogen-bond acceptors (Lipinski definition) is 2. The molecule has 18 heavy (non-hydrogen) atoms. The Kier molecular flexibility index (Phi) is 4.87. The lowest BCUT2D eigenvalue weighted by Crippen LogP contribution is -2.54. The number of fused-ring (bicyclic) bond motifs is 1. The molecule has 5 heteroatoms. The Labute approximate surface area is 113 Å². The van der Waals surface area contributed by atoms with Gasteiger partial charge in [0, 0.05) is 24.9 Å². The Hall–Kier alpha value is -0.770. The lowest BCUT2D eigenvalue weighted by atomic mass is 9.78. The summed E-state index contributed by atoms with van der Waals surface area (Å²) < 4.78 is 0. The van der Waals surface area contributed by atoms with E-state index in [1.165, 1.54) is 25.7 Å². The molecule has 1 aliphatic heterocycles. The second-order valence-corrected chi connectivity index (χ2v) is 5.62. The van der Waals surface area contributed by atoms with Crippen molar-refractivity contribution in [1.82, 2.24) is 10.2 Å². The molecule has 102 valence electrons. The minimum Gasteiger partial charge on any atom is -0.321 e. The van der Waals surface area contributed by atoms with Gasteiger partial charge in [-0.1, -0.05) is 12.8 Å². The number of halogens is 1. The zero-order valence-corrected chi connectivity index (χ0v) is 11.4. The molecule has 1 heterocycles. The highest BCUT2D eigenvalue weighted by molar-refractivity contribution is 6.19. The van der Waals surface area contributed by atoms with Crippen molar-refractivity contribution in [1.29, 1.82) is 0 Å². The number of nitrogens with one attached hydrogen (secondary N) is 1. The third kappa shape index (κ3) is 3.16. The Morgan fingerprint density at radius 1 is 1.17 bits per heavy atom. The van der Waals surface area contributed by atoms with Crippen molar-refractivity contribution in [3.63, 3.8) is 0 Å². The molecule has 3 amide bonds. The highest BCUT2D eigenvalue weighted by atomic mass is 35.5. The fourth-order valence-corrected chi connectivity index (χ4v) is 3.39. The monoisotopic (exact) mass is 272 g/mol. The standard InChI is InChI=1S/C13H21ClN2O2/c14-8-7-12(17)15-13(18)16-9-3-5-10-4-1-2-6-11(10)16/h10-11H,1-9H2,(H,15,17,18). The summed E-state index contributed by atoms with van der Waals surface area (Å²) in [6.45, 7) is 0.779. The number of imide groups is 1. The predicted molar refractivity (Wildman–Crippen MR) is 70.6 cm³/mol. The van der Waals surface area contributed by atoms with Crippen molar-refractivity contribution in [3.8, 4) is 0 Å². The van der Waals surface area contributed by atoms with Crippen LogP contribution in [0.1, 0.15) is 44.9 Å². The summed E-state index contributed by atoms with van der Waals surface area (Å²) in [6, 6.07) is 0.123. The van der Waals surface area contributed by atoms with Crippen molar-refractivity contribution in [2.75, 3.05) is 12.4 Å². The molecule has 0 aromatic rings. The van der Waals surface area contributed by atoms with E-state index in [1.807, 2.05) is 4.90 Å². The molecule has 2 rings (SSSR count). The van der Waals surface area contributed by atoms with Gasteiger partial charge in [-0.05, 0) is 31.6 Å². The SMILES string of the molecule is O=C(CCCl)NC(=O)N1CCCC2CCCCC21. The predicted octanol–water partition coefficient (Wildman–Crippen LogP) is 2.51. The van der Waals surface area contributed by atoms with E-state index in [-0.39, 0.29) is 24.2 Å². The van der Waals surface area contributed by atoms with Gasteiger partial charge in [0.15, 0.2) is 0 Å². The van der Waals surface area contributed by atoms with Crippen LogP contribution < -0.4 is 5.32 Å². The van der Waals surface area contributed by atoms with Crippen LogP contribution in [0.3, 0.4) is 0 Å². The van der Waals surface area contributed by atoms with Crippen molar-refractivity contribution in [2.45, 2.75) is 51.0 Å². The largest absolute Gasteiger partial charge is 0.324 e. The molecular formula is C13H21ClN2O2. The fourth-order valence-electron chi connectivity index (χ4n) is 3.22. The van der Waals surface area contributed by atoms with Gasteiger partial charge >= 0.3 is 6.03 Å². The van der Waals surface area contributed by atoms with Crippen molar-refractivity contribution in [2.24, 2.45) is 5.92 Å². The topological polar surface area (TPSA) is 49.4 Å². The Morgan fingerprint density at radius 3 is 2.67 bits per heavy atom. The van der Waals surface area contributed by atoms with Crippen LogP contribution in [0.15, 0.2) is 0 Å². The van der Waals surface area contributed by atoms with E-state index < -0.39 is 0 Å². The molecule has 4 nitrogen and oxygen atoms in total. The van der Waals surface area contributed by atoms with E-state index >= 15 is 0 Å². The first-order chi connectivity index (χ1) is 8.72. The highest BCUT2D eigenvalue weighted by Crippen LogP contribution is 2.35. The molecule has 0 aromatic carbocycles. The summed E-state index contributed by atoms with van der Waals surface area (Å²) in [5.74, 6) is 0.625. The molecule has 1 N–H and O–H groups in total. The molecule has 0 radical (unpaired) electrons. The highest BCUT2D eigenvalue weighted by Gasteiger charge is 2.35. The average molecular weight is 273 g/mol. The smallest absolute Gasteiger partial charge is 0.321 e. The minimum absolute atomic E-state index is 0.204. The van der Waals surface area contributed by atoms with Crippen LogP contribution in [-0.2, 0) is 4.79 Å². The summed E-state index contributed by atoms with van der Waals surface area (Å²) >= 11 is 5.49. The van der Waals surface area contributed by atoms with Crippen LogP contribution in [0.25, 0.3) is 0 Å². The van der Waals surface area contributed by atoms with Crippen molar-refractivity contribution in [3.05, 3.63) is 0 Å². The molecule has 2 unspecified atom stereocenters. The number of piperidine rings is 1. The summed E-state index contributed by atoms with van der Waals surface area (Å²) in [6.07, 6.45) is 7.27. The van der Waals surface area contributed by atoms with Crippen LogP contribution in [0, 0.1) is 5.92 Å². The van der Waals surface area contributed by atoms with E-state index in [0.717, 1.165) is 19.4 Å². The number of hydrogen-bond donors (Lipinski definition) is 1. The number of urea groups is 1. The van der Waals surface area contributed by atoms with E-state index in [2.05, 4.69) is 5.32 Å². The van der Waals surface area contributed by atoms with Gasteiger partial charge in [-0.2, -0.15) is 0 Å². The first kappa shape index (κ1) is 13.7. The van der Waals surface area contributed by atoms with Crippen molar-refractivity contribution >= 4 is 23.5 Å². The number of likely N-dealkylation sites (tertiary alicyclic amines) is 1. The number of amides is 3. The number of carbonyl (C=O) groups is 2. The van der Waals surface area contributed by atoms with Crippen LogP contribution in [-0.4, -0.2) is 35.3 Å². The summed E-state index contributed by atoms with van der Waals surface area (Å²) in [5.41, 5.74) is 0. The quantitative estimate of drug-likeness (QED) is 0.785. The first-order valence-corrected chi connectivity index (χ1v) is 7.42. The zero-order chi connectivity index (χ0) is 13.0. The Balaban J connectivity index is 1.93. The lowest BCUT2D eigenvalue weighted by Gasteiger charge is -2.43. The average Bonchev–Trinajstić information content (AvgIpc) is 2.38. The molecule has 1 aliphatic carbocycles. The molecule has 0 bridgehead atoms. The zero-order valence-electron chi connectivity index (χ0n) is 10.7. The van der Waals surface area contributed by atoms with Gasteiger partial charge in [0.05, 0.1) is 0 Å². The van der Waals surface area contributed by atoms with Crippen LogP contribution >= 0.6 is 11.6 Å². The molecule has 2 atom stereocenters. The third-order valence-electron chi connectivity index (χ3n) is 4.07. The molecule has 0 aromatic heterocycles. The van der Waals surface area contributed by atoms with Gasteiger partial charge in [-0.3, -0.25) is 10.1 Å². The Bertz CT molecular complexity index is 320. The summed E-state index contributed by atoms with van der Waals surface area (Å²) in [7, 11) is 0. The van der Waals surface area contributed by atoms with E-state index in [1.54, 1.807) is 0 Å². The van der Waals surface area contributed by atoms with Gasteiger partial charge in [0.2, 0.25) is 5.91 Å². The van der Waals surface area contributed by atoms with E-state index in [9.17, 15) is 9.59 Å². The molecule has 0 spiro atoms. The minimum atomic E-state index is -0.270.